The third kappa shape index (κ3) is 3.59. The fraction of sp³-hybridized carbons (Fsp3) is 0.643. The van der Waals surface area contributed by atoms with E-state index in [9.17, 15) is 4.79 Å². The van der Waals surface area contributed by atoms with E-state index < -0.39 is 5.91 Å². The van der Waals surface area contributed by atoms with Gasteiger partial charge in [0.1, 0.15) is 12.4 Å². The second-order valence-corrected chi connectivity index (χ2v) is 5.16. The number of hydrogen-bond acceptors (Lipinski definition) is 5. The molecule has 1 saturated carbocycles. The zero-order chi connectivity index (χ0) is 14.5. The van der Waals surface area contributed by atoms with E-state index in [0.717, 1.165) is 31.2 Å². The number of hydrogen-bond donors (Lipinski definition) is 2. The van der Waals surface area contributed by atoms with Crippen molar-refractivity contribution in [2.45, 2.75) is 51.4 Å². The zero-order valence-electron chi connectivity index (χ0n) is 12.0. The van der Waals surface area contributed by atoms with Crippen LogP contribution in [0.1, 0.15) is 47.6 Å². The summed E-state index contributed by atoms with van der Waals surface area (Å²) < 4.78 is 16.7. The molecule has 6 heteroatoms. The maximum Gasteiger partial charge on any atom is 0.301 e. The Kier molecular flexibility index (Phi) is 5.17. The minimum absolute atomic E-state index is 0.186. The van der Waals surface area contributed by atoms with Crippen LogP contribution >= 0.6 is 0 Å². The molecule has 1 heterocycles. The van der Waals surface area contributed by atoms with Crippen molar-refractivity contribution in [3.05, 3.63) is 23.2 Å². The number of carbonyl (C=O) groups excluding carboxylic acids is 1. The number of aryl methyl sites for hydroxylation is 1. The summed E-state index contributed by atoms with van der Waals surface area (Å²) >= 11 is 0. The summed E-state index contributed by atoms with van der Waals surface area (Å²) in [5, 5.41) is 0. The molecule has 0 radical (unpaired) electrons. The number of nitrogens with two attached hydrogens (primary N) is 1. The van der Waals surface area contributed by atoms with E-state index in [4.69, 9.17) is 19.7 Å². The summed E-state index contributed by atoms with van der Waals surface area (Å²) in [5.74, 6) is 5.55. The van der Waals surface area contributed by atoms with Crippen LogP contribution in [0.2, 0.25) is 0 Å². The molecule has 20 heavy (non-hydrogen) atoms. The van der Waals surface area contributed by atoms with Crippen LogP contribution in [0.4, 0.5) is 0 Å². The lowest BCUT2D eigenvalue weighted by molar-refractivity contribution is -0.0406. The van der Waals surface area contributed by atoms with Gasteiger partial charge in [-0.1, -0.05) is 0 Å². The number of amides is 1. The van der Waals surface area contributed by atoms with E-state index in [0.29, 0.717) is 12.4 Å². The summed E-state index contributed by atoms with van der Waals surface area (Å²) in [4.78, 5) is 11.4. The average molecular weight is 282 g/mol. The Morgan fingerprint density at radius 2 is 2.25 bits per heavy atom. The molecule has 1 fully saturated rings. The SMILES string of the molecule is COC1CCCC(OCc2cc(C)c(C(=O)NN)o2)C1. The Morgan fingerprint density at radius 1 is 1.50 bits per heavy atom. The predicted molar refractivity (Wildman–Crippen MR) is 72.9 cm³/mol. The van der Waals surface area contributed by atoms with E-state index >= 15 is 0 Å². The fourth-order valence-corrected chi connectivity index (χ4v) is 2.58. The lowest BCUT2D eigenvalue weighted by Crippen LogP contribution is -2.30. The molecule has 0 saturated heterocycles. The van der Waals surface area contributed by atoms with E-state index in [1.54, 1.807) is 20.1 Å². The molecule has 0 bridgehead atoms. The molecule has 3 N–H and O–H groups in total. The Hall–Kier alpha value is -1.37. The number of ether oxygens (including phenoxy) is 2. The van der Waals surface area contributed by atoms with E-state index in [-0.39, 0.29) is 18.0 Å². The fourth-order valence-electron chi connectivity index (χ4n) is 2.58. The van der Waals surface area contributed by atoms with Gasteiger partial charge in [0, 0.05) is 12.7 Å². The smallest absolute Gasteiger partial charge is 0.301 e. The molecule has 112 valence electrons. The molecule has 0 spiro atoms. The molecule has 2 unspecified atom stereocenters. The Bertz CT molecular complexity index is 458. The van der Waals surface area contributed by atoms with Crippen LogP contribution in [-0.2, 0) is 16.1 Å². The van der Waals surface area contributed by atoms with E-state index in [2.05, 4.69) is 5.43 Å². The number of methoxy groups -OCH3 is 1. The highest BCUT2D eigenvalue weighted by molar-refractivity contribution is 5.92. The third-order valence-electron chi connectivity index (χ3n) is 3.68. The van der Waals surface area contributed by atoms with Crippen molar-refractivity contribution in [1.29, 1.82) is 0 Å². The van der Waals surface area contributed by atoms with Gasteiger partial charge in [0.15, 0.2) is 5.76 Å². The van der Waals surface area contributed by atoms with Gasteiger partial charge in [-0.25, -0.2) is 5.84 Å². The number of nitrogen functional groups attached to an aromatic ring is 1. The number of rotatable bonds is 5. The van der Waals surface area contributed by atoms with Crippen LogP contribution in [0.5, 0.6) is 0 Å². The van der Waals surface area contributed by atoms with Gasteiger partial charge in [-0.15, -0.1) is 0 Å². The Morgan fingerprint density at radius 3 is 2.95 bits per heavy atom. The largest absolute Gasteiger partial charge is 0.453 e. The molecule has 1 aromatic heterocycles. The average Bonchev–Trinajstić information content (AvgIpc) is 2.85. The predicted octanol–water partition coefficient (Wildman–Crippen LogP) is 1.67. The van der Waals surface area contributed by atoms with Crippen LogP contribution in [0.3, 0.4) is 0 Å². The minimum Gasteiger partial charge on any atom is -0.453 e. The van der Waals surface area contributed by atoms with Gasteiger partial charge < -0.3 is 13.9 Å². The maximum absolute atomic E-state index is 11.4. The van der Waals surface area contributed by atoms with E-state index in [1.807, 2.05) is 0 Å². The molecule has 1 aliphatic carbocycles. The first-order valence-electron chi connectivity index (χ1n) is 6.88. The first-order chi connectivity index (χ1) is 9.63. The Labute approximate surface area is 118 Å². The quantitative estimate of drug-likeness (QED) is 0.487. The van der Waals surface area contributed by atoms with Crippen LogP contribution < -0.4 is 11.3 Å². The van der Waals surface area contributed by atoms with Crippen LogP contribution in [0.25, 0.3) is 0 Å². The van der Waals surface area contributed by atoms with Crippen molar-refractivity contribution in [1.82, 2.24) is 5.43 Å². The molecule has 0 aromatic carbocycles. The molecular formula is C14H22N2O4. The second kappa shape index (κ2) is 6.88. The van der Waals surface area contributed by atoms with Crippen molar-refractivity contribution >= 4 is 5.91 Å². The summed E-state index contributed by atoms with van der Waals surface area (Å²) in [7, 11) is 1.74. The lowest BCUT2D eigenvalue weighted by Gasteiger charge is -2.27. The highest BCUT2D eigenvalue weighted by Crippen LogP contribution is 2.24. The molecular weight excluding hydrogens is 260 g/mol. The topological polar surface area (TPSA) is 86.7 Å². The minimum atomic E-state index is -0.425. The van der Waals surface area contributed by atoms with Gasteiger partial charge in [0.25, 0.3) is 0 Å². The van der Waals surface area contributed by atoms with Crippen molar-refractivity contribution in [2.24, 2.45) is 5.84 Å². The molecule has 2 atom stereocenters. The van der Waals surface area contributed by atoms with Gasteiger partial charge in [-0.2, -0.15) is 0 Å². The molecule has 2 rings (SSSR count). The normalized spacial score (nSPS) is 22.8. The molecule has 0 aliphatic heterocycles. The van der Waals surface area contributed by atoms with Gasteiger partial charge in [-0.3, -0.25) is 10.2 Å². The highest BCUT2D eigenvalue weighted by Gasteiger charge is 2.23. The molecule has 1 aliphatic rings. The van der Waals surface area contributed by atoms with Crippen molar-refractivity contribution in [3.8, 4) is 0 Å². The first kappa shape index (κ1) is 15.0. The number of carbonyl (C=O) groups is 1. The molecule has 1 aromatic rings. The number of furan rings is 1. The van der Waals surface area contributed by atoms with Crippen LogP contribution in [0.15, 0.2) is 10.5 Å². The van der Waals surface area contributed by atoms with Crippen LogP contribution in [-0.4, -0.2) is 25.2 Å². The second-order valence-electron chi connectivity index (χ2n) is 5.16. The van der Waals surface area contributed by atoms with Crippen molar-refractivity contribution in [3.63, 3.8) is 0 Å². The Balaban J connectivity index is 1.89. The first-order valence-corrected chi connectivity index (χ1v) is 6.88. The number of nitrogens with one attached hydrogen (secondary N) is 1. The van der Waals surface area contributed by atoms with Crippen LogP contribution in [0, 0.1) is 6.92 Å². The lowest BCUT2D eigenvalue weighted by atomic mass is 9.95. The zero-order valence-corrected chi connectivity index (χ0v) is 12.0. The summed E-state index contributed by atoms with van der Waals surface area (Å²) in [5.41, 5.74) is 2.82. The van der Waals surface area contributed by atoms with Crippen molar-refractivity contribution in [2.75, 3.05) is 7.11 Å². The summed E-state index contributed by atoms with van der Waals surface area (Å²) in [6.45, 7) is 2.17. The standard InChI is InChI=1S/C14H22N2O4/c1-9-6-12(20-13(9)14(17)16-15)8-19-11-5-3-4-10(7-11)18-2/h6,10-11H,3-5,7-8,15H2,1-2H3,(H,16,17). The van der Waals surface area contributed by atoms with Gasteiger partial charge in [-0.05, 0) is 38.7 Å². The van der Waals surface area contributed by atoms with E-state index in [1.165, 1.54) is 0 Å². The third-order valence-corrected chi connectivity index (χ3v) is 3.68. The summed E-state index contributed by atoms with van der Waals surface area (Å²) in [6, 6.07) is 1.81. The molecule has 1 amide bonds. The molecule has 6 nitrogen and oxygen atoms in total. The monoisotopic (exact) mass is 282 g/mol. The highest BCUT2D eigenvalue weighted by atomic mass is 16.5. The van der Waals surface area contributed by atoms with Crippen molar-refractivity contribution < 1.29 is 18.7 Å². The number of hydrazine groups is 1. The van der Waals surface area contributed by atoms with Gasteiger partial charge in [0.2, 0.25) is 0 Å². The van der Waals surface area contributed by atoms with Gasteiger partial charge >= 0.3 is 5.91 Å². The summed E-state index contributed by atoms with van der Waals surface area (Å²) in [6.07, 6.45) is 4.62. The maximum atomic E-state index is 11.4. The van der Waals surface area contributed by atoms with Gasteiger partial charge in [0.05, 0.1) is 12.2 Å².